The molecule has 0 bridgehead atoms. The predicted molar refractivity (Wildman–Crippen MR) is 106 cm³/mol. The van der Waals surface area contributed by atoms with E-state index in [0.29, 0.717) is 6.54 Å². The molecule has 0 saturated carbocycles. The van der Waals surface area contributed by atoms with Crippen LogP contribution in [-0.4, -0.2) is 54.9 Å². The molecule has 0 aromatic heterocycles. The molecule has 1 aromatic carbocycles. The number of aryl methyl sites for hydroxylation is 1. The summed E-state index contributed by atoms with van der Waals surface area (Å²) in [6.07, 6.45) is 0.0532. The quantitative estimate of drug-likeness (QED) is 0.699. The maximum Gasteiger partial charge on any atom is 0.389 e. The van der Waals surface area contributed by atoms with Crippen molar-refractivity contribution in [3.8, 4) is 0 Å². The lowest BCUT2D eigenvalue weighted by Gasteiger charge is -2.39. The van der Waals surface area contributed by atoms with Crippen LogP contribution in [0.25, 0.3) is 0 Å². The van der Waals surface area contributed by atoms with Gasteiger partial charge in [0.15, 0.2) is 0 Å². The van der Waals surface area contributed by atoms with Crippen molar-refractivity contribution in [3.63, 3.8) is 0 Å². The second-order valence-electron chi connectivity index (χ2n) is 8.31. The molecular weight excluding hydrogens is 381 g/mol. The van der Waals surface area contributed by atoms with Gasteiger partial charge in [-0.05, 0) is 50.6 Å². The van der Waals surface area contributed by atoms with E-state index in [1.165, 1.54) is 5.56 Å². The fourth-order valence-electron chi connectivity index (χ4n) is 4.31. The first kappa shape index (κ1) is 22.1. The van der Waals surface area contributed by atoms with Gasteiger partial charge < -0.3 is 15.0 Å². The molecule has 1 aromatic rings. The number of benzene rings is 1. The van der Waals surface area contributed by atoms with Gasteiger partial charge in [-0.15, -0.1) is 0 Å². The van der Waals surface area contributed by atoms with E-state index in [1.54, 1.807) is 0 Å². The Morgan fingerprint density at radius 1 is 1.17 bits per heavy atom. The van der Waals surface area contributed by atoms with Crippen LogP contribution in [0.2, 0.25) is 0 Å². The van der Waals surface area contributed by atoms with Crippen LogP contribution in [0.15, 0.2) is 30.3 Å². The lowest BCUT2D eigenvalue weighted by Crippen LogP contribution is -2.45. The molecule has 2 fully saturated rings. The van der Waals surface area contributed by atoms with Gasteiger partial charge >= 0.3 is 6.18 Å². The first-order valence-corrected chi connectivity index (χ1v) is 10.6. The van der Waals surface area contributed by atoms with Crippen LogP contribution in [-0.2, 0) is 16.0 Å². The maximum absolute atomic E-state index is 12.2. The molecule has 2 aliphatic rings. The Labute approximate surface area is 170 Å². The standard InChI is InChI=1S/C22H31F3N2O2/c23-22(24,25)11-9-20(28)26-17-19-8-10-21(29-19)12-15-27(16-13-21)14-4-7-18-5-2-1-3-6-18/h1-3,5-6,19H,4,7-17H2,(H,26,28)/t19-/m1/s1. The summed E-state index contributed by atoms with van der Waals surface area (Å²) in [5, 5.41) is 2.60. The summed E-state index contributed by atoms with van der Waals surface area (Å²) in [7, 11) is 0. The van der Waals surface area contributed by atoms with Crippen LogP contribution in [0.1, 0.15) is 50.5 Å². The van der Waals surface area contributed by atoms with Crippen molar-refractivity contribution in [3.05, 3.63) is 35.9 Å². The third kappa shape index (κ3) is 7.30. The zero-order valence-corrected chi connectivity index (χ0v) is 16.8. The Balaban J connectivity index is 1.31. The molecule has 2 aliphatic heterocycles. The van der Waals surface area contributed by atoms with E-state index in [4.69, 9.17) is 4.74 Å². The first-order valence-electron chi connectivity index (χ1n) is 10.6. The SMILES string of the molecule is O=C(CCC(F)(F)F)NC[C@H]1CCC2(CCN(CCCc3ccccc3)CC2)O1. The van der Waals surface area contributed by atoms with Crippen molar-refractivity contribution >= 4 is 5.91 Å². The Kier molecular flexibility index (Phi) is 7.57. The van der Waals surface area contributed by atoms with E-state index < -0.39 is 24.9 Å². The highest BCUT2D eigenvalue weighted by Gasteiger charge is 2.42. The van der Waals surface area contributed by atoms with E-state index in [1.807, 2.05) is 6.07 Å². The van der Waals surface area contributed by atoms with Gasteiger partial charge in [0.2, 0.25) is 5.91 Å². The molecule has 162 valence electrons. The number of likely N-dealkylation sites (tertiary alicyclic amines) is 1. The van der Waals surface area contributed by atoms with Crippen molar-refractivity contribution < 1.29 is 22.7 Å². The number of carbonyl (C=O) groups is 1. The number of alkyl halides is 3. The molecule has 29 heavy (non-hydrogen) atoms. The molecule has 1 atom stereocenters. The number of ether oxygens (including phenoxy) is 1. The smallest absolute Gasteiger partial charge is 0.370 e. The van der Waals surface area contributed by atoms with Gasteiger partial charge in [0.05, 0.1) is 18.1 Å². The Bertz CT molecular complexity index is 643. The molecule has 1 spiro atoms. The van der Waals surface area contributed by atoms with Gasteiger partial charge in [-0.25, -0.2) is 0 Å². The molecule has 0 aliphatic carbocycles. The number of nitrogens with one attached hydrogen (secondary N) is 1. The van der Waals surface area contributed by atoms with Gasteiger partial charge in [0, 0.05) is 26.1 Å². The molecule has 4 nitrogen and oxygen atoms in total. The highest BCUT2D eigenvalue weighted by Crippen LogP contribution is 2.38. The van der Waals surface area contributed by atoms with Crippen LogP contribution in [0.4, 0.5) is 13.2 Å². The summed E-state index contributed by atoms with van der Waals surface area (Å²) in [4.78, 5) is 14.1. The fraction of sp³-hybridized carbons (Fsp3) is 0.682. The maximum atomic E-state index is 12.2. The van der Waals surface area contributed by atoms with Crippen LogP contribution in [0.5, 0.6) is 0 Å². The lowest BCUT2D eigenvalue weighted by molar-refractivity contribution is -0.144. The zero-order valence-electron chi connectivity index (χ0n) is 16.8. The first-order chi connectivity index (χ1) is 13.8. The number of nitrogens with zero attached hydrogens (tertiary/aromatic N) is 1. The van der Waals surface area contributed by atoms with Gasteiger partial charge in [0.1, 0.15) is 0 Å². The summed E-state index contributed by atoms with van der Waals surface area (Å²) in [5.41, 5.74) is 1.26. The lowest BCUT2D eigenvalue weighted by atomic mass is 9.88. The number of hydrogen-bond acceptors (Lipinski definition) is 3. The molecule has 0 radical (unpaired) electrons. The Hall–Kier alpha value is -1.60. The van der Waals surface area contributed by atoms with Crippen molar-refractivity contribution in [1.82, 2.24) is 10.2 Å². The van der Waals surface area contributed by atoms with E-state index >= 15 is 0 Å². The average molecular weight is 412 g/mol. The normalized spacial score (nSPS) is 22.1. The minimum absolute atomic E-state index is 0.0885. The predicted octanol–water partition coefficient (Wildman–Crippen LogP) is 4.09. The monoisotopic (exact) mass is 412 g/mol. The summed E-state index contributed by atoms with van der Waals surface area (Å²) < 4.78 is 42.8. The van der Waals surface area contributed by atoms with Crippen molar-refractivity contribution in [2.75, 3.05) is 26.2 Å². The third-order valence-electron chi connectivity index (χ3n) is 6.05. The van der Waals surface area contributed by atoms with Gasteiger partial charge in [-0.2, -0.15) is 13.2 Å². The summed E-state index contributed by atoms with van der Waals surface area (Å²) in [6.45, 7) is 3.42. The second kappa shape index (κ2) is 9.94. The van der Waals surface area contributed by atoms with E-state index in [-0.39, 0.29) is 11.7 Å². The number of piperidine rings is 1. The van der Waals surface area contributed by atoms with Crippen molar-refractivity contribution in [2.24, 2.45) is 0 Å². The molecule has 0 unspecified atom stereocenters. The van der Waals surface area contributed by atoms with E-state index in [2.05, 4.69) is 34.5 Å². The second-order valence-corrected chi connectivity index (χ2v) is 8.31. The molecule has 2 heterocycles. The average Bonchev–Trinajstić information content (AvgIpc) is 3.09. The molecule has 7 heteroatoms. The highest BCUT2D eigenvalue weighted by atomic mass is 19.4. The highest BCUT2D eigenvalue weighted by molar-refractivity contribution is 5.75. The van der Waals surface area contributed by atoms with Gasteiger partial charge in [0.25, 0.3) is 0 Å². The van der Waals surface area contributed by atoms with E-state index in [9.17, 15) is 18.0 Å². The largest absolute Gasteiger partial charge is 0.389 e. The third-order valence-corrected chi connectivity index (χ3v) is 6.05. The van der Waals surface area contributed by atoms with Crippen LogP contribution in [0.3, 0.4) is 0 Å². The number of halogens is 3. The number of amides is 1. The topological polar surface area (TPSA) is 41.6 Å². The number of rotatable bonds is 8. The fourth-order valence-corrected chi connectivity index (χ4v) is 4.31. The van der Waals surface area contributed by atoms with Crippen LogP contribution in [0, 0.1) is 0 Å². The molecule has 1 N–H and O–H groups in total. The minimum Gasteiger partial charge on any atom is -0.370 e. The Morgan fingerprint density at radius 3 is 2.59 bits per heavy atom. The van der Waals surface area contributed by atoms with Gasteiger partial charge in [-0.3, -0.25) is 4.79 Å². The summed E-state index contributed by atoms with van der Waals surface area (Å²) >= 11 is 0. The zero-order chi connectivity index (χ0) is 20.7. The van der Waals surface area contributed by atoms with Crippen molar-refractivity contribution in [2.45, 2.75) is 69.2 Å². The van der Waals surface area contributed by atoms with Crippen molar-refractivity contribution in [1.29, 1.82) is 0 Å². The Morgan fingerprint density at radius 2 is 1.90 bits per heavy atom. The van der Waals surface area contributed by atoms with E-state index in [0.717, 1.165) is 58.2 Å². The molecule has 2 saturated heterocycles. The molecule has 3 rings (SSSR count). The number of hydrogen-bond donors (Lipinski definition) is 1. The van der Waals surface area contributed by atoms with Crippen LogP contribution >= 0.6 is 0 Å². The summed E-state index contributed by atoms with van der Waals surface area (Å²) in [6, 6.07) is 10.5. The molecule has 1 amide bonds. The summed E-state index contributed by atoms with van der Waals surface area (Å²) in [5.74, 6) is -0.555. The molecular formula is C22H31F3N2O2. The van der Waals surface area contributed by atoms with Gasteiger partial charge in [-0.1, -0.05) is 30.3 Å². The van der Waals surface area contributed by atoms with Crippen LogP contribution < -0.4 is 5.32 Å². The minimum atomic E-state index is -4.29. The number of carbonyl (C=O) groups excluding carboxylic acids is 1.